The zero-order chi connectivity index (χ0) is 15.4. The maximum absolute atomic E-state index is 12.6. The Kier molecular flexibility index (Phi) is 5.79. The number of nitrogens with zero attached hydrogens (tertiary/aromatic N) is 2. The van der Waals surface area contributed by atoms with Gasteiger partial charge in [-0.05, 0) is 31.6 Å². The molecule has 21 heavy (non-hydrogen) atoms. The number of carboxylic acid groups (broad SMARTS) is 1. The Labute approximate surface area is 131 Å². The quantitative estimate of drug-likeness (QED) is 0.869. The van der Waals surface area contributed by atoms with Crippen LogP contribution in [0.4, 0.5) is 4.79 Å². The van der Waals surface area contributed by atoms with E-state index in [-0.39, 0.29) is 12.1 Å². The number of hydrogen-bond donors (Lipinski definition) is 1. The molecule has 5 nitrogen and oxygen atoms in total. The summed E-state index contributed by atoms with van der Waals surface area (Å²) in [5, 5.41) is 9.29. The molecule has 2 aliphatic rings. The SMILES string of the molecule is CCC1CCC(N(C)C(=O)N2CCSCC2C(=O)O)CC1. The van der Waals surface area contributed by atoms with Crippen molar-refractivity contribution in [3.8, 4) is 0 Å². The van der Waals surface area contributed by atoms with Crippen molar-refractivity contribution in [3.63, 3.8) is 0 Å². The Bertz CT molecular complexity index is 383. The van der Waals surface area contributed by atoms with Gasteiger partial charge in [-0.1, -0.05) is 13.3 Å². The maximum atomic E-state index is 12.6. The largest absolute Gasteiger partial charge is 0.480 e. The first-order valence-electron chi connectivity index (χ1n) is 7.88. The van der Waals surface area contributed by atoms with Crippen LogP contribution in [0.5, 0.6) is 0 Å². The second-order valence-corrected chi connectivity index (χ2v) is 7.25. The third-order valence-electron chi connectivity index (χ3n) is 4.90. The lowest BCUT2D eigenvalue weighted by molar-refractivity contribution is -0.141. The maximum Gasteiger partial charge on any atom is 0.327 e. The lowest BCUT2D eigenvalue weighted by Gasteiger charge is -2.40. The van der Waals surface area contributed by atoms with Crippen LogP contribution in [0.25, 0.3) is 0 Å². The number of amides is 2. The van der Waals surface area contributed by atoms with Crippen molar-refractivity contribution in [3.05, 3.63) is 0 Å². The first-order chi connectivity index (χ1) is 10.0. The number of urea groups is 1. The second-order valence-electron chi connectivity index (χ2n) is 6.10. The van der Waals surface area contributed by atoms with E-state index >= 15 is 0 Å². The predicted octanol–water partition coefficient (Wildman–Crippen LogP) is 2.51. The van der Waals surface area contributed by atoms with E-state index < -0.39 is 12.0 Å². The Morgan fingerprint density at radius 3 is 2.52 bits per heavy atom. The Hall–Kier alpha value is -0.910. The van der Waals surface area contributed by atoms with Crippen molar-refractivity contribution in [1.29, 1.82) is 0 Å². The summed E-state index contributed by atoms with van der Waals surface area (Å²) in [6.45, 7) is 2.76. The van der Waals surface area contributed by atoms with Crippen molar-refractivity contribution < 1.29 is 14.7 Å². The number of carboxylic acids is 1. The fraction of sp³-hybridized carbons (Fsp3) is 0.867. The molecule has 2 amide bonds. The molecule has 6 heteroatoms. The molecule has 0 radical (unpaired) electrons. The summed E-state index contributed by atoms with van der Waals surface area (Å²) in [6.07, 6.45) is 5.66. The highest BCUT2D eigenvalue weighted by Crippen LogP contribution is 2.30. The van der Waals surface area contributed by atoms with Gasteiger partial charge >= 0.3 is 12.0 Å². The second kappa shape index (κ2) is 7.38. The predicted molar refractivity (Wildman–Crippen MR) is 84.7 cm³/mol. The van der Waals surface area contributed by atoms with E-state index in [1.807, 2.05) is 7.05 Å². The van der Waals surface area contributed by atoms with E-state index in [4.69, 9.17) is 0 Å². The molecule has 1 heterocycles. The van der Waals surface area contributed by atoms with E-state index in [1.165, 1.54) is 19.3 Å². The number of thioether (sulfide) groups is 1. The average Bonchev–Trinajstić information content (AvgIpc) is 2.53. The normalized spacial score (nSPS) is 30.0. The highest BCUT2D eigenvalue weighted by Gasteiger charge is 2.36. The van der Waals surface area contributed by atoms with Gasteiger partial charge in [0.05, 0.1) is 0 Å². The molecule has 2 rings (SSSR count). The van der Waals surface area contributed by atoms with Crippen molar-refractivity contribution >= 4 is 23.8 Å². The third kappa shape index (κ3) is 3.84. The van der Waals surface area contributed by atoms with Gasteiger partial charge in [0, 0.05) is 31.1 Å². The van der Waals surface area contributed by atoms with Gasteiger partial charge in [0.15, 0.2) is 0 Å². The zero-order valence-corrected chi connectivity index (χ0v) is 13.8. The highest BCUT2D eigenvalue weighted by atomic mass is 32.2. The lowest BCUT2D eigenvalue weighted by atomic mass is 9.84. The highest BCUT2D eigenvalue weighted by molar-refractivity contribution is 7.99. The lowest BCUT2D eigenvalue weighted by Crippen LogP contribution is -2.56. The smallest absolute Gasteiger partial charge is 0.327 e. The van der Waals surface area contributed by atoms with E-state index in [9.17, 15) is 14.7 Å². The topological polar surface area (TPSA) is 60.9 Å². The van der Waals surface area contributed by atoms with Gasteiger partial charge in [0.25, 0.3) is 0 Å². The van der Waals surface area contributed by atoms with Crippen LogP contribution in [-0.4, -0.2) is 64.1 Å². The molecule has 1 saturated heterocycles. The van der Waals surface area contributed by atoms with Crippen LogP contribution in [0.1, 0.15) is 39.0 Å². The first kappa shape index (κ1) is 16.5. The summed E-state index contributed by atoms with van der Waals surface area (Å²) >= 11 is 1.61. The van der Waals surface area contributed by atoms with Crippen molar-refractivity contribution in [1.82, 2.24) is 9.80 Å². The summed E-state index contributed by atoms with van der Waals surface area (Å²) < 4.78 is 0. The molecule has 1 unspecified atom stereocenters. The van der Waals surface area contributed by atoms with Gasteiger partial charge in [0.2, 0.25) is 0 Å². The first-order valence-corrected chi connectivity index (χ1v) is 9.04. The summed E-state index contributed by atoms with van der Waals surface area (Å²) in [5.74, 6) is 1.23. The van der Waals surface area contributed by atoms with Crippen LogP contribution in [0.2, 0.25) is 0 Å². The minimum atomic E-state index is -0.890. The molecular formula is C15H26N2O3S. The zero-order valence-electron chi connectivity index (χ0n) is 13.0. The Morgan fingerprint density at radius 1 is 1.29 bits per heavy atom. The summed E-state index contributed by atoms with van der Waals surface area (Å²) in [4.78, 5) is 27.3. The van der Waals surface area contributed by atoms with E-state index in [2.05, 4.69) is 6.92 Å². The molecule has 1 aliphatic carbocycles. The molecule has 0 bridgehead atoms. The van der Waals surface area contributed by atoms with E-state index in [1.54, 1.807) is 21.6 Å². The van der Waals surface area contributed by atoms with Crippen molar-refractivity contribution in [2.45, 2.75) is 51.1 Å². The summed E-state index contributed by atoms with van der Waals surface area (Å²) in [6, 6.07) is -0.516. The molecule has 2 fully saturated rings. The molecule has 0 spiro atoms. The number of hydrogen-bond acceptors (Lipinski definition) is 3. The molecule has 0 aromatic rings. The molecule has 1 saturated carbocycles. The molecular weight excluding hydrogens is 288 g/mol. The van der Waals surface area contributed by atoms with Crippen LogP contribution in [0.15, 0.2) is 0 Å². The molecule has 0 aromatic heterocycles. The minimum Gasteiger partial charge on any atom is -0.480 e. The third-order valence-corrected chi connectivity index (χ3v) is 5.92. The fourth-order valence-corrected chi connectivity index (χ4v) is 4.37. The van der Waals surface area contributed by atoms with Crippen LogP contribution in [0.3, 0.4) is 0 Å². The number of carbonyl (C=O) groups excluding carboxylic acids is 1. The molecule has 120 valence electrons. The Balaban J connectivity index is 1.96. The van der Waals surface area contributed by atoms with Crippen LogP contribution in [-0.2, 0) is 4.79 Å². The molecule has 1 N–H and O–H groups in total. The number of rotatable bonds is 3. The summed E-state index contributed by atoms with van der Waals surface area (Å²) in [7, 11) is 1.83. The standard InChI is InChI=1S/C15H26N2O3S/c1-3-11-4-6-12(7-5-11)16(2)15(20)17-8-9-21-10-13(17)14(18)19/h11-13H,3-10H2,1-2H3,(H,18,19). The van der Waals surface area contributed by atoms with Gasteiger partial charge in [0.1, 0.15) is 6.04 Å². The van der Waals surface area contributed by atoms with Gasteiger partial charge in [-0.25, -0.2) is 9.59 Å². The average molecular weight is 314 g/mol. The van der Waals surface area contributed by atoms with Crippen LogP contribution in [0, 0.1) is 5.92 Å². The van der Waals surface area contributed by atoms with E-state index in [0.29, 0.717) is 12.3 Å². The van der Waals surface area contributed by atoms with Gasteiger partial charge in [-0.2, -0.15) is 11.8 Å². The fourth-order valence-electron chi connectivity index (χ4n) is 3.34. The van der Waals surface area contributed by atoms with E-state index in [0.717, 1.165) is 24.5 Å². The van der Waals surface area contributed by atoms with Gasteiger partial charge in [-0.3, -0.25) is 0 Å². The molecule has 1 aliphatic heterocycles. The van der Waals surface area contributed by atoms with Crippen LogP contribution >= 0.6 is 11.8 Å². The minimum absolute atomic E-state index is 0.109. The molecule has 0 aromatic carbocycles. The summed E-state index contributed by atoms with van der Waals surface area (Å²) in [5.41, 5.74) is 0. The van der Waals surface area contributed by atoms with Gasteiger partial charge in [-0.15, -0.1) is 0 Å². The van der Waals surface area contributed by atoms with Crippen molar-refractivity contribution in [2.75, 3.05) is 25.1 Å². The molecule has 1 atom stereocenters. The van der Waals surface area contributed by atoms with Crippen LogP contribution < -0.4 is 0 Å². The van der Waals surface area contributed by atoms with Gasteiger partial charge < -0.3 is 14.9 Å². The monoisotopic (exact) mass is 314 g/mol. The Morgan fingerprint density at radius 2 is 1.95 bits per heavy atom. The number of carbonyl (C=O) groups is 2. The number of aliphatic carboxylic acids is 1. The van der Waals surface area contributed by atoms with Crippen molar-refractivity contribution in [2.24, 2.45) is 5.92 Å².